The molecule has 8 nitrogen and oxygen atoms in total. The zero-order valence-electron chi connectivity index (χ0n) is 19.3. The SMILES string of the molecule is O=C1C(=C2C(O)CC(=[N+]3CCCCC3)CC2O)C(O)=C1c1c(O)cc(N2CCCCC2)cc1O. The lowest BCUT2D eigenvalue weighted by Gasteiger charge is -2.33. The summed E-state index contributed by atoms with van der Waals surface area (Å²) in [6, 6.07) is 3.01. The Balaban J connectivity index is 1.46. The topological polar surface area (TPSA) is 124 Å². The van der Waals surface area contributed by atoms with E-state index in [0.717, 1.165) is 64.0 Å². The number of Topliss-reactive ketones (excluding diaryl/α,β-unsaturated/α-hetero) is 1. The van der Waals surface area contributed by atoms with Crippen molar-refractivity contribution in [3.8, 4) is 11.5 Å². The van der Waals surface area contributed by atoms with Crippen LogP contribution in [0, 0.1) is 0 Å². The summed E-state index contributed by atoms with van der Waals surface area (Å²) < 4.78 is 2.21. The minimum atomic E-state index is -1.08. The van der Waals surface area contributed by atoms with Crippen LogP contribution in [0.5, 0.6) is 11.5 Å². The van der Waals surface area contributed by atoms with Gasteiger partial charge in [-0.05, 0) is 25.7 Å². The summed E-state index contributed by atoms with van der Waals surface area (Å²) in [5.74, 6) is -1.57. The molecule has 2 unspecified atom stereocenters. The van der Waals surface area contributed by atoms with E-state index in [9.17, 15) is 30.3 Å². The summed E-state index contributed by atoms with van der Waals surface area (Å²) in [6.07, 6.45) is 5.03. The molecule has 0 radical (unpaired) electrons. The number of rotatable bonds is 2. The third-order valence-corrected chi connectivity index (χ3v) is 7.65. The van der Waals surface area contributed by atoms with E-state index in [1.807, 2.05) is 0 Å². The minimum absolute atomic E-state index is 0.105. The number of ketones is 1. The van der Waals surface area contributed by atoms with Crippen molar-refractivity contribution in [1.82, 2.24) is 0 Å². The monoisotopic (exact) mass is 469 g/mol. The number of aliphatic hydroxyl groups excluding tert-OH is 3. The fraction of sp³-hybridized carbons (Fsp3) is 0.538. The highest BCUT2D eigenvalue weighted by Crippen LogP contribution is 2.47. The van der Waals surface area contributed by atoms with Crippen molar-refractivity contribution >= 4 is 22.8 Å². The van der Waals surface area contributed by atoms with Gasteiger partial charge in [0.05, 0.1) is 41.8 Å². The number of aromatic hydroxyl groups is 2. The second kappa shape index (κ2) is 9.07. The number of hydrogen-bond acceptors (Lipinski definition) is 7. The number of allylic oxidation sites excluding steroid dienone is 2. The first-order chi connectivity index (χ1) is 16.4. The van der Waals surface area contributed by atoms with E-state index in [-0.39, 0.29) is 33.8 Å². The quantitative estimate of drug-likeness (QED) is 0.333. The van der Waals surface area contributed by atoms with Gasteiger partial charge in [-0.2, -0.15) is 0 Å². The van der Waals surface area contributed by atoms with E-state index in [0.29, 0.717) is 18.5 Å². The fourth-order valence-electron chi connectivity index (χ4n) is 5.86. The smallest absolute Gasteiger partial charge is 0.201 e. The number of nitrogens with zero attached hydrogens (tertiary/aromatic N) is 2. The summed E-state index contributed by atoms with van der Waals surface area (Å²) in [6.45, 7) is 3.46. The van der Waals surface area contributed by atoms with Crippen LogP contribution in [0.2, 0.25) is 0 Å². The normalized spacial score (nSPS) is 26.3. The lowest BCUT2D eigenvalue weighted by Crippen LogP contribution is -2.41. The van der Waals surface area contributed by atoms with Crippen LogP contribution in [0.4, 0.5) is 5.69 Å². The number of carbonyl (C=O) groups is 1. The van der Waals surface area contributed by atoms with Gasteiger partial charge in [-0.1, -0.05) is 0 Å². The number of phenols is 2. The molecule has 0 aromatic heterocycles. The van der Waals surface area contributed by atoms with E-state index < -0.39 is 23.8 Å². The highest BCUT2D eigenvalue weighted by molar-refractivity contribution is 6.40. The molecule has 0 amide bonds. The number of phenolic OH excluding ortho intramolecular Hbond substituents is 2. The van der Waals surface area contributed by atoms with E-state index in [4.69, 9.17) is 0 Å². The number of anilines is 1. The van der Waals surface area contributed by atoms with Gasteiger partial charge >= 0.3 is 0 Å². The predicted molar refractivity (Wildman–Crippen MR) is 128 cm³/mol. The van der Waals surface area contributed by atoms with Crippen LogP contribution >= 0.6 is 0 Å². The summed E-state index contributed by atoms with van der Waals surface area (Å²) in [5.41, 5.74) is 1.36. The summed E-state index contributed by atoms with van der Waals surface area (Å²) in [4.78, 5) is 15.2. The molecule has 182 valence electrons. The second-order valence-corrected chi connectivity index (χ2v) is 9.84. The molecular formula is C26H33N2O6+. The maximum absolute atomic E-state index is 13.1. The molecule has 2 saturated heterocycles. The minimum Gasteiger partial charge on any atom is -0.507 e. The maximum atomic E-state index is 13.1. The van der Waals surface area contributed by atoms with Gasteiger partial charge in [-0.15, -0.1) is 0 Å². The van der Waals surface area contributed by atoms with Crippen LogP contribution in [0.1, 0.15) is 56.9 Å². The van der Waals surface area contributed by atoms with Gasteiger partial charge in [0.1, 0.15) is 30.3 Å². The summed E-state index contributed by atoms with van der Waals surface area (Å²) >= 11 is 0. The lowest BCUT2D eigenvalue weighted by molar-refractivity contribution is -0.540. The zero-order valence-corrected chi connectivity index (χ0v) is 19.3. The number of benzene rings is 1. The van der Waals surface area contributed by atoms with Gasteiger partial charge in [-0.3, -0.25) is 4.79 Å². The van der Waals surface area contributed by atoms with Crippen LogP contribution in [0.15, 0.2) is 29.0 Å². The Morgan fingerprint density at radius 3 is 1.91 bits per heavy atom. The van der Waals surface area contributed by atoms with Crippen molar-refractivity contribution in [3.05, 3.63) is 34.6 Å². The molecule has 2 aliphatic carbocycles. The molecule has 2 aliphatic heterocycles. The predicted octanol–water partition coefficient (Wildman–Crippen LogP) is 2.39. The Hall–Kier alpha value is -2.84. The van der Waals surface area contributed by atoms with Crippen LogP contribution in [-0.2, 0) is 4.79 Å². The Bertz CT molecular complexity index is 1070. The Morgan fingerprint density at radius 2 is 1.35 bits per heavy atom. The molecule has 4 aliphatic rings. The van der Waals surface area contributed by atoms with E-state index >= 15 is 0 Å². The van der Waals surface area contributed by atoms with Gasteiger partial charge in [0, 0.05) is 49.3 Å². The molecule has 1 aromatic rings. The Morgan fingerprint density at radius 1 is 0.794 bits per heavy atom. The molecule has 0 bridgehead atoms. The summed E-state index contributed by atoms with van der Waals surface area (Å²) in [5, 5.41) is 53.7. The van der Waals surface area contributed by atoms with Gasteiger partial charge in [0.15, 0.2) is 5.71 Å². The molecule has 5 rings (SSSR count). The first kappa shape index (κ1) is 22.9. The molecule has 2 heterocycles. The second-order valence-electron chi connectivity index (χ2n) is 9.84. The van der Waals surface area contributed by atoms with Crippen LogP contribution in [0.25, 0.3) is 5.57 Å². The number of carbonyl (C=O) groups excluding carboxylic acids is 1. The molecule has 0 spiro atoms. The van der Waals surface area contributed by atoms with Crippen molar-refractivity contribution in [2.45, 2.75) is 63.6 Å². The van der Waals surface area contributed by atoms with Crippen molar-refractivity contribution < 1.29 is 34.9 Å². The van der Waals surface area contributed by atoms with Crippen LogP contribution in [0.3, 0.4) is 0 Å². The Kier molecular flexibility index (Phi) is 6.12. The number of piperidine rings is 2. The molecule has 2 atom stereocenters. The molecule has 3 fully saturated rings. The van der Waals surface area contributed by atoms with Crippen molar-refractivity contribution in [3.63, 3.8) is 0 Å². The van der Waals surface area contributed by atoms with Gasteiger partial charge < -0.3 is 30.4 Å². The van der Waals surface area contributed by atoms with Crippen molar-refractivity contribution in [1.29, 1.82) is 0 Å². The lowest BCUT2D eigenvalue weighted by atomic mass is 9.74. The maximum Gasteiger partial charge on any atom is 0.201 e. The van der Waals surface area contributed by atoms with Crippen LogP contribution in [-0.4, -0.2) is 80.0 Å². The van der Waals surface area contributed by atoms with E-state index in [1.165, 1.54) is 18.6 Å². The van der Waals surface area contributed by atoms with Gasteiger partial charge in [0.25, 0.3) is 0 Å². The third kappa shape index (κ3) is 3.88. The van der Waals surface area contributed by atoms with Crippen molar-refractivity contribution in [2.24, 2.45) is 0 Å². The fourth-order valence-corrected chi connectivity index (χ4v) is 5.86. The largest absolute Gasteiger partial charge is 0.507 e. The average molecular weight is 470 g/mol. The first-order valence-corrected chi connectivity index (χ1v) is 12.4. The molecule has 34 heavy (non-hydrogen) atoms. The van der Waals surface area contributed by atoms with Crippen molar-refractivity contribution in [2.75, 3.05) is 31.1 Å². The molecule has 5 N–H and O–H groups in total. The number of aliphatic hydroxyl groups is 3. The molecule has 1 saturated carbocycles. The highest BCUT2D eigenvalue weighted by Gasteiger charge is 2.45. The van der Waals surface area contributed by atoms with Crippen LogP contribution < -0.4 is 4.90 Å². The van der Waals surface area contributed by atoms with E-state index in [1.54, 1.807) is 0 Å². The molecular weight excluding hydrogens is 436 g/mol. The molecule has 1 aromatic carbocycles. The third-order valence-electron chi connectivity index (χ3n) is 7.65. The van der Waals surface area contributed by atoms with E-state index in [2.05, 4.69) is 9.48 Å². The van der Waals surface area contributed by atoms with Gasteiger partial charge in [-0.25, -0.2) is 4.58 Å². The zero-order chi connectivity index (χ0) is 24.0. The Labute approximate surface area is 198 Å². The van der Waals surface area contributed by atoms with Gasteiger partial charge in [0.2, 0.25) is 5.78 Å². The highest BCUT2D eigenvalue weighted by atomic mass is 16.3. The average Bonchev–Trinajstić information content (AvgIpc) is 2.84. The molecule has 8 heteroatoms. The first-order valence-electron chi connectivity index (χ1n) is 12.4. The number of hydrogen-bond donors (Lipinski definition) is 5. The summed E-state index contributed by atoms with van der Waals surface area (Å²) in [7, 11) is 0. The standard InChI is InChI=1S/C26H32N2O6/c29-17-11-15(27-7-3-1-4-8-27)12-18(30)21(17)23-25(33)24(26(23)34)22-19(31)13-16(14-20(22)32)28-9-5-2-6-10-28/h11-12,19-20,31-32H,1-10,13-14H2,(H2-,29,30,33,34)/p+1.